The molecule has 3 heterocycles. The van der Waals surface area contributed by atoms with E-state index in [1.54, 1.807) is 4.57 Å². The third kappa shape index (κ3) is 3.75. The normalized spacial score (nSPS) is 23.3. The van der Waals surface area contributed by atoms with Crippen LogP contribution in [0.3, 0.4) is 0 Å². The van der Waals surface area contributed by atoms with Crippen LogP contribution in [0.5, 0.6) is 0 Å². The van der Waals surface area contributed by atoms with E-state index in [2.05, 4.69) is 35.9 Å². The van der Waals surface area contributed by atoms with Gasteiger partial charge in [0.05, 0.1) is 22.3 Å². The van der Waals surface area contributed by atoms with Gasteiger partial charge in [-0.2, -0.15) is 0 Å². The molecule has 180 valence electrons. The van der Waals surface area contributed by atoms with Crippen LogP contribution in [0.1, 0.15) is 40.0 Å². The van der Waals surface area contributed by atoms with Gasteiger partial charge in [0.2, 0.25) is 11.7 Å². The van der Waals surface area contributed by atoms with Crippen molar-refractivity contribution in [2.45, 2.75) is 51.2 Å². The molecule has 2 bridgehead atoms. The molecule has 2 unspecified atom stereocenters. The highest BCUT2D eigenvalue weighted by molar-refractivity contribution is 7.99. The molecule has 8 heteroatoms. The first-order valence-corrected chi connectivity index (χ1v) is 13.1. The van der Waals surface area contributed by atoms with Crippen LogP contribution in [0, 0.1) is 10.8 Å². The van der Waals surface area contributed by atoms with Gasteiger partial charge in [-0.1, -0.05) is 62.9 Å². The molecule has 1 saturated heterocycles. The van der Waals surface area contributed by atoms with E-state index < -0.39 is 0 Å². The highest BCUT2D eigenvalue weighted by atomic mass is 32.2. The van der Waals surface area contributed by atoms with Crippen LogP contribution in [0.15, 0.2) is 64.5 Å². The van der Waals surface area contributed by atoms with Gasteiger partial charge in [0.1, 0.15) is 0 Å². The number of carbonyl (C=O) groups excluding carboxylic acids is 1. The van der Waals surface area contributed by atoms with Gasteiger partial charge in [0.15, 0.2) is 5.16 Å². The quantitative estimate of drug-likeness (QED) is 0.395. The zero-order chi connectivity index (χ0) is 24.4. The Balaban J connectivity index is 1.36. The van der Waals surface area contributed by atoms with Gasteiger partial charge < -0.3 is 4.90 Å². The molecule has 0 N–H and O–H groups in total. The van der Waals surface area contributed by atoms with Crippen LogP contribution in [0.4, 0.5) is 0 Å². The number of fused-ring (bicyclic) bond motifs is 5. The molecule has 6 rings (SSSR count). The Bertz CT molecular complexity index is 1510. The van der Waals surface area contributed by atoms with Crippen molar-refractivity contribution in [1.29, 1.82) is 0 Å². The standard InChI is InChI=1S/C27H29N5O2S/c1-26(2)13-19-14-27(3,16-26)17-30(19)22(33)15-35-25-29-28-24-31(18-9-5-4-6-10-18)23(34)20-11-7-8-12-21(20)32(24)25/h4-12,19H,13-17H2,1-3H3. The SMILES string of the molecule is CC1(C)CC2CC(C)(CN2C(=O)CSc2nnc3n(-c4ccccc4)c(=O)c4ccccc4n23)C1. The monoisotopic (exact) mass is 487 g/mol. The van der Waals surface area contributed by atoms with E-state index in [-0.39, 0.29) is 22.3 Å². The minimum atomic E-state index is -0.139. The summed E-state index contributed by atoms with van der Waals surface area (Å²) in [5, 5.41) is 10.0. The van der Waals surface area contributed by atoms with Gasteiger partial charge >= 0.3 is 0 Å². The lowest BCUT2D eigenvalue weighted by molar-refractivity contribution is -0.129. The van der Waals surface area contributed by atoms with E-state index in [1.165, 1.54) is 11.8 Å². The van der Waals surface area contributed by atoms with Crippen molar-refractivity contribution < 1.29 is 4.79 Å². The number of amides is 1. The number of hydrogen-bond donors (Lipinski definition) is 0. The lowest BCUT2D eigenvalue weighted by atomic mass is 9.65. The van der Waals surface area contributed by atoms with Crippen molar-refractivity contribution in [3.63, 3.8) is 0 Å². The fourth-order valence-corrected chi connectivity index (χ4v) is 7.37. The average Bonchev–Trinajstić information content (AvgIpc) is 3.35. The van der Waals surface area contributed by atoms with E-state index >= 15 is 0 Å². The van der Waals surface area contributed by atoms with Gasteiger partial charge in [-0.05, 0) is 54.4 Å². The van der Waals surface area contributed by atoms with Crippen molar-refractivity contribution in [2.75, 3.05) is 12.3 Å². The fraction of sp³-hybridized carbons (Fsp3) is 0.407. The Morgan fingerprint density at radius 3 is 2.57 bits per heavy atom. The van der Waals surface area contributed by atoms with Crippen molar-refractivity contribution in [1.82, 2.24) is 24.1 Å². The number of likely N-dealkylation sites (tertiary alicyclic amines) is 1. The third-order valence-corrected chi connectivity index (χ3v) is 8.38. The molecule has 2 fully saturated rings. The van der Waals surface area contributed by atoms with Crippen molar-refractivity contribution in [3.05, 3.63) is 65.0 Å². The molecule has 7 nitrogen and oxygen atoms in total. The Hall–Kier alpha value is -3.13. The Labute approximate surface area is 208 Å². The molecule has 2 atom stereocenters. The average molecular weight is 488 g/mol. The number of thioether (sulfide) groups is 1. The zero-order valence-electron chi connectivity index (χ0n) is 20.3. The summed E-state index contributed by atoms with van der Waals surface area (Å²) in [5.74, 6) is 0.895. The second-order valence-corrected chi connectivity index (χ2v) is 12.1. The summed E-state index contributed by atoms with van der Waals surface area (Å²) < 4.78 is 3.49. The summed E-state index contributed by atoms with van der Waals surface area (Å²) in [6.45, 7) is 7.79. The molecule has 0 radical (unpaired) electrons. The lowest BCUT2D eigenvalue weighted by Gasteiger charge is -2.39. The summed E-state index contributed by atoms with van der Waals surface area (Å²) >= 11 is 1.39. The minimum absolute atomic E-state index is 0.139. The molecule has 2 aliphatic rings. The number of aromatic nitrogens is 4. The Kier molecular flexibility index (Phi) is 5.07. The van der Waals surface area contributed by atoms with Gasteiger partial charge in [-0.15, -0.1) is 10.2 Å². The van der Waals surface area contributed by atoms with Crippen LogP contribution in [-0.4, -0.2) is 48.3 Å². The Morgan fingerprint density at radius 2 is 1.77 bits per heavy atom. The topological polar surface area (TPSA) is 72.5 Å². The molecule has 1 aliphatic carbocycles. The maximum absolute atomic E-state index is 13.4. The van der Waals surface area contributed by atoms with Crippen molar-refractivity contribution in [3.8, 4) is 5.69 Å². The number of benzene rings is 2. The molecular formula is C27H29N5O2S. The molecule has 0 spiro atoms. The molecule has 1 amide bonds. The van der Waals surface area contributed by atoms with E-state index in [9.17, 15) is 9.59 Å². The summed E-state index contributed by atoms with van der Waals surface area (Å²) in [7, 11) is 0. The smallest absolute Gasteiger partial charge is 0.267 e. The van der Waals surface area contributed by atoms with Gasteiger partial charge in [0.25, 0.3) is 5.56 Å². The molecule has 1 saturated carbocycles. The maximum Gasteiger partial charge on any atom is 0.267 e. The fourth-order valence-electron chi connectivity index (χ4n) is 6.54. The highest BCUT2D eigenvalue weighted by Crippen LogP contribution is 2.52. The van der Waals surface area contributed by atoms with Crippen LogP contribution in [0.25, 0.3) is 22.4 Å². The molecule has 4 aromatic rings. The summed E-state index contributed by atoms with van der Waals surface area (Å²) in [4.78, 5) is 28.9. The van der Waals surface area contributed by atoms with Crippen molar-refractivity contribution in [2.24, 2.45) is 10.8 Å². The summed E-state index contributed by atoms with van der Waals surface area (Å²) in [6, 6.07) is 17.3. The van der Waals surface area contributed by atoms with Gasteiger partial charge in [-0.25, -0.2) is 4.57 Å². The van der Waals surface area contributed by atoms with Gasteiger partial charge in [-0.3, -0.25) is 14.0 Å². The third-order valence-electron chi connectivity index (χ3n) is 7.47. The van der Waals surface area contributed by atoms with E-state index in [1.807, 2.05) is 59.0 Å². The lowest BCUT2D eigenvalue weighted by Crippen LogP contribution is -2.38. The first kappa shape index (κ1) is 22.3. The van der Waals surface area contributed by atoms with Crippen molar-refractivity contribution >= 4 is 34.3 Å². The highest BCUT2D eigenvalue weighted by Gasteiger charge is 2.50. The predicted molar refractivity (Wildman–Crippen MR) is 138 cm³/mol. The molecule has 35 heavy (non-hydrogen) atoms. The van der Waals surface area contributed by atoms with E-state index in [0.29, 0.717) is 28.1 Å². The number of rotatable bonds is 4. The minimum Gasteiger partial charge on any atom is -0.338 e. The summed E-state index contributed by atoms with van der Waals surface area (Å²) in [6.07, 6.45) is 3.31. The van der Waals surface area contributed by atoms with Gasteiger partial charge in [0, 0.05) is 12.6 Å². The molecule has 1 aliphatic heterocycles. The number of hydrogen-bond acceptors (Lipinski definition) is 5. The maximum atomic E-state index is 13.4. The first-order chi connectivity index (χ1) is 16.7. The number of carbonyl (C=O) groups is 1. The molecule has 2 aromatic heterocycles. The predicted octanol–water partition coefficient (Wildman–Crippen LogP) is 4.55. The van der Waals surface area contributed by atoms with Crippen LogP contribution < -0.4 is 5.56 Å². The first-order valence-electron chi connectivity index (χ1n) is 12.1. The summed E-state index contributed by atoms with van der Waals surface area (Å²) in [5.41, 5.74) is 1.80. The van der Waals surface area contributed by atoms with E-state index in [0.717, 1.165) is 37.0 Å². The Morgan fingerprint density at radius 1 is 1.03 bits per heavy atom. The molecule has 2 aromatic carbocycles. The number of para-hydroxylation sites is 2. The van der Waals surface area contributed by atoms with E-state index in [4.69, 9.17) is 0 Å². The second kappa shape index (κ2) is 7.95. The second-order valence-electron chi connectivity index (χ2n) is 11.1. The largest absolute Gasteiger partial charge is 0.338 e. The molecular weight excluding hydrogens is 458 g/mol. The zero-order valence-corrected chi connectivity index (χ0v) is 21.1. The number of nitrogens with zero attached hydrogens (tertiary/aromatic N) is 5. The van der Waals surface area contributed by atoms with Crippen LogP contribution in [0.2, 0.25) is 0 Å². The van der Waals surface area contributed by atoms with Crippen LogP contribution in [-0.2, 0) is 4.79 Å². The van der Waals surface area contributed by atoms with Crippen LogP contribution >= 0.6 is 11.8 Å².